The van der Waals surface area contributed by atoms with E-state index < -0.39 is 9.84 Å². The molecule has 1 aromatic rings. The highest BCUT2D eigenvalue weighted by Crippen LogP contribution is 2.26. The van der Waals surface area contributed by atoms with E-state index in [1.54, 1.807) is 12.1 Å². The fraction of sp³-hybridized carbons (Fsp3) is 0.571. The van der Waals surface area contributed by atoms with Crippen LogP contribution in [0.25, 0.3) is 0 Å². The van der Waals surface area contributed by atoms with Crippen molar-refractivity contribution in [2.45, 2.75) is 30.3 Å². The fourth-order valence-electron chi connectivity index (χ4n) is 2.37. The van der Waals surface area contributed by atoms with Crippen LogP contribution in [0.15, 0.2) is 23.1 Å². The second kappa shape index (κ2) is 6.96. The van der Waals surface area contributed by atoms with Crippen LogP contribution < -0.4 is 10.6 Å². The number of anilines is 1. The van der Waals surface area contributed by atoms with Crippen LogP contribution in [0, 0.1) is 0 Å². The maximum absolute atomic E-state index is 11.6. The lowest BCUT2D eigenvalue weighted by atomic mass is 10.1. The Bertz CT molecular complexity index is 586. The molecule has 2 N–H and O–H groups in total. The Morgan fingerprint density at radius 3 is 2.90 bits per heavy atom. The van der Waals surface area contributed by atoms with Crippen LogP contribution in [-0.4, -0.2) is 46.5 Å². The van der Waals surface area contributed by atoms with E-state index >= 15 is 0 Å². The van der Waals surface area contributed by atoms with Gasteiger partial charge in [-0.2, -0.15) is 0 Å². The molecule has 1 aliphatic rings. The Morgan fingerprint density at radius 2 is 2.29 bits per heavy atom. The van der Waals surface area contributed by atoms with Crippen molar-refractivity contribution < 1.29 is 13.2 Å². The Kier molecular flexibility index (Phi) is 5.48. The molecule has 1 aliphatic heterocycles. The smallest absolute Gasteiger partial charge is 0.175 e. The van der Waals surface area contributed by atoms with Gasteiger partial charge in [-0.3, -0.25) is 0 Å². The third kappa shape index (κ3) is 4.85. The molecule has 0 spiro atoms. The van der Waals surface area contributed by atoms with Gasteiger partial charge >= 0.3 is 0 Å². The predicted octanol–water partition coefficient (Wildman–Crippen LogP) is 1.92. The number of hydrogen-bond donors (Lipinski definition) is 2. The molecule has 1 heterocycles. The number of benzene rings is 1. The Labute approximate surface area is 130 Å². The molecule has 1 saturated heterocycles. The lowest BCUT2D eigenvalue weighted by Crippen LogP contribution is -2.43. The van der Waals surface area contributed by atoms with E-state index in [1.165, 1.54) is 12.3 Å². The molecule has 2 unspecified atom stereocenters. The summed E-state index contributed by atoms with van der Waals surface area (Å²) in [6.45, 7) is 4.35. The SMILES string of the molecule is CC(CC1COCCN1)Nc1cc(S(C)(=O)=O)ccc1Cl. The molecule has 5 nitrogen and oxygen atoms in total. The highest BCUT2D eigenvalue weighted by molar-refractivity contribution is 7.90. The van der Waals surface area contributed by atoms with E-state index in [4.69, 9.17) is 16.3 Å². The van der Waals surface area contributed by atoms with Crippen molar-refractivity contribution >= 4 is 27.1 Å². The molecule has 21 heavy (non-hydrogen) atoms. The van der Waals surface area contributed by atoms with Gasteiger partial charge in [-0.1, -0.05) is 11.6 Å². The van der Waals surface area contributed by atoms with Crippen molar-refractivity contribution in [2.24, 2.45) is 0 Å². The van der Waals surface area contributed by atoms with Gasteiger partial charge in [-0.05, 0) is 31.5 Å². The van der Waals surface area contributed by atoms with Crippen molar-refractivity contribution in [1.82, 2.24) is 5.32 Å². The molecule has 1 aromatic carbocycles. The topological polar surface area (TPSA) is 67.4 Å². The van der Waals surface area contributed by atoms with E-state index in [2.05, 4.69) is 10.6 Å². The molecule has 118 valence electrons. The summed E-state index contributed by atoms with van der Waals surface area (Å²) in [7, 11) is -3.24. The zero-order valence-corrected chi connectivity index (χ0v) is 13.8. The molecule has 0 aromatic heterocycles. The Hall–Kier alpha value is -0.820. The highest BCUT2D eigenvalue weighted by Gasteiger charge is 2.17. The van der Waals surface area contributed by atoms with Crippen molar-refractivity contribution in [1.29, 1.82) is 0 Å². The van der Waals surface area contributed by atoms with Crippen molar-refractivity contribution in [2.75, 3.05) is 31.3 Å². The standard InChI is InChI=1S/C14H21ClN2O3S/c1-10(7-11-9-20-6-5-16-11)17-14-8-12(21(2,18)19)3-4-13(14)15/h3-4,8,10-11,16-17H,5-7,9H2,1-2H3. The average molecular weight is 333 g/mol. The summed E-state index contributed by atoms with van der Waals surface area (Å²) in [5.41, 5.74) is 0.642. The molecule has 0 amide bonds. The summed E-state index contributed by atoms with van der Waals surface area (Å²) >= 11 is 6.14. The monoisotopic (exact) mass is 332 g/mol. The van der Waals surface area contributed by atoms with Gasteiger partial charge < -0.3 is 15.4 Å². The molecular formula is C14H21ClN2O3S. The van der Waals surface area contributed by atoms with E-state index in [0.717, 1.165) is 19.6 Å². The first-order valence-corrected chi connectivity index (χ1v) is 9.20. The first kappa shape index (κ1) is 16.5. The number of halogens is 1. The van der Waals surface area contributed by atoms with E-state index in [0.29, 0.717) is 23.4 Å². The number of nitrogens with one attached hydrogen (secondary N) is 2. The maximum atomic E-state index is 11.6. The van der Waals surface area contributed by atoms with E-state index in [-0.39, 0.29) is 10.9 Å². The third-order valence-corrected chi connectivity index (χ3v) is 4.84. The summed E-state index contributed by atoms with van der Waals surface area (Å²) in [5.74, 6) is 0. The van der Waals surface area contributed by atoms with Gasteiger partial charge in [-0.25, -0.2) is 8.42 Å². The molecule has 2 atom stereocenters. The largest absolute Gasteiger partial charge is 0.381 e. The molecule has 2 rings (SSSR count). The van der Waals surface area contributed by atoms with Gasteiger partial charge in [0.2, 0.25) is 0 Å². The molecule has 7 heteroatoms. The van der Waals surface area contributed by atoms with Crippen molar-refractivity contribution in [3.05, 3.63) is 23.2 Å². The number of rotatable bonds is 5. The molecule has 0 bridgehead atoms. The van der Waals surface area contributed by atoms with Crippen LogP contribution in [0.3, 0.4) is 0 Å². The number of hydrogen-bond acceptors (Lipinski definition) is 5. The highest BCUT2D eigenvalue weighted by atomic mass is 35.5. The molecule has 0 aliphatic carbocycles. The van der Waals surface area contributed by atoms with Crippen LogP contribution in [0.2, 0.25) is 5.02 Å². The van der Waals surface area contributed by atoms with Gasteiger partial charge in [0.15, 0.2) is 9.84 Å². The lowest BCUT2D eigenvalue weighted by Gasteiger charge is -2.27. The summed E-state index contributed by atoms with van der Waals surface area (Å²) < 4.78 is 28.6. The van der Waals surface area contributed by atoms with Crippen LogP contribution in [-0.2, 0) is 14.6 Å². The quantitative estimate of drug-likeness (QED) is 0.862. The second-order valence-electron chi connectivity index (χ2n) is 5.42. The van der Waals surface area contributed by atoms with Crippen LogP contribution >= 0.6 is 11.6 Å². The maximum Gasteiger partial charge on any atom is 0.175 e. The first-order valence-electron chi connectivity index (χ1n) is 6.93. The first-order chi connectivity index (χ1) is 9.86. The number of morpholine rings is 1. The minimum absolute atomic E-state index is 0.150. The number of sulfone groups is 1. The van der Waals surface area contributed by atoms with Crippen molar-refractivity contribution in [3.8, 4) is 0 Å². The fourth-order valence-corrected chi connectivity index (χ4v) is 3.19. The summed E-state index contributed by atoms with van der Waals surface area (Å²) in [5, 5.41) is 7.19. The van der Waals surface area contributed by atoms with Gasteiger partial charge in [0, 0.05) is 24.9 Å². The lowest BCUT2D eigenvalue weighted by molar-refractivity contribution is 0.0731. The van der Waals surface area contributed by atoms with Gasteiger partial charge in [0.25, 0.3) is 0 Å². The normalized spacial score (nSPS) is 21.0. The molecule has 1 fully saturated rings. The predicted molar refractivity (Wildman–Crippen MR) is 84.9 cm³/mol. The van der Waals surface area contributed by atoms with Crippen molar-refractivity contribution in [3.63, 3.8) is 0 Å². The van der Waals surface area contributed by atoms with E-state index in [9.17, 15) is 8.42 Å². The van der Waals surface area contributed by atoms with Crippen LogP contribution in [0.4, 0.5) is 5.69 Å². The van der Waals surface area contributed by atoms with Gasteiger partial charge in [0.1, 0.15) is 0 Å². The Morgan fingerprint density at radius 1 is 1.52 bits per heavy atom. The van der Waals surface area contributed by atoms with Gasteiger partial charge in [-0.15, -0.1) is 0 Å². The minimum Gasteiger partial charge on any atom is -0.381 e. The molecule has 0 radical (unpaired) electrons. The third-order valence-electron chi connectivity index (χ3n) is 3.40. The zero-order valence-electron chi connectivity index (χ0n) is 12.2. The Balaban J connectivity index is 2.04. The average Bonchev–Trinajstić information content (AvgIpc) is 2.41. The zero-order chi connectivity index (χ0) is 15.5. The van der Waals surface area contributed by atoms with Crippen LogP contribution in [0.1, 0.15) is 13.3 Å². The second-order valence-corrected chi connectivity index (χ2v) is 7.84. The minimum atomic E-state index is -3.24. The summed E-state index contributed by atoms with van der Waals surface area (Å²) in [4.78, 5) is 0.265. The van der Waals surface area contributed by atoms with E-state index in [1.807, 2.05) is 6.92 Å². The summed E-state index contributed by atoms with van der Waals surface area (Å²) in [6, 6.07) is 5.16. The molecular weight excluding hydrogens is 312 g/mol. The summed E-state index contributed by atoms with van der Waals surface area (Å²) in [6.07, 6.45) is 2.06. The number of ether oxygens (including phenoxy) is 1. The van der Waals surface area contributed by atoms with Crippen LogP contribution in [0.5, 0.6) is 0 Å². The van der Waals surface area contributed by atoms with Gasteiger partial charge in [0.05, 0.1) is 28.8 Å². The molecule has 0 saturated carbocycles.